The Hall–Kier alpha value is -2.55. The average molecular weight is 428 g/mol. The van der Waals surface area contributed by atoms with Crippen molar-refractivity contribution in [2.24, 2.45) is 0 Å². The Morgan fingerprint density at radius 3 is 2.78 bits per heavy atom. The van der Waals surface area contributed by atoms with Crippen LogP contribution < -0.4 is 16.2 Å². The molecule has 1 aliphatic rings. The van der Waals surface area contributed by atoms with Crippen LogP contribution in [0.4, 0.5) is 5.69 Å². The van der Waals surface area contributed by atoms with Crippen LogP contribution in [0, 0.1) is 6.92 Å². The van der Waals surface area contributed by atoms with E-state index in [1.54, 1.807) is 0 Å². The molecule has 2 atom stereocenters. The van der Waals surface area contributed by atoms with Gasteiger partial charge in [0.2, 0.25) is 18.2 Å². The molecule has 1 saturated heterocycles. The number of halogens is 1. The van der Waals surface area contributed by atoms with Crippen LogP contribution in [0.3, 0.4) is 0 Å². The molecular formula is C19H18BrN5O2. The Bertz CT molecular complexity index is 943. The number of aromatic nitrogens is 2. The molecule has 2 heterocycles. The SMILES string of the molecule is Cc1ccc(-c2nnco2)cc1NC(=O)C1CC(c2ccc(Br)cc2)NN1. The highest BCUT2D eigenvalue weighted by atomic mass is 79.9. The van der Waals surface area contributed by atoms with E-state index in [1.807, 2.05) is 49.4 Å². The minimum atomic E-state index is -0.329. The second-order valence-corrected chi connectivity index (χ2v) is 7.36. The molecule has 1 aromatic heterocycles. The Kier molecular flexibility index (Phi) is 5.02. The van der Waals surface area contributed by atoms with E-state index in [4.69, 9.17) is 4.42 Å². The molecular weight excluding hydrogens is 410 g/mol. The first kappa shape index (κ1) is 17.8. The van der Waals surface area contributed by atoms with E-state index < -0.39 is 0 Å². The van der Waals surface area contributed by atoms with Crippen LogP contribution in [-0.2, 0) is 4.79 Å². The third kappa shape index (κ3) is 3.92. The minimum absolute atomic E-state index is 0.0830. The highest BCUT2D eigenvalue weighted by Gasteiger charge is 2.30. The van der Waals surface area contributed by atoms with Gasteiger partial charge >= 0.3 is 0 Å². The number of amides is 1. The van der Waals surface area contributed by atoms with Gasteiger partial charge in [-0.25, -0.2) is 10.9 Å². The lowest BCUT2D eigenvalue weighted by Crippen LogP contribution is -2.39. The van der Waals surface area contributed by atoms with Crippen molar-refractivity contribution in [1.82, 2.24) is 21.0 Å². The lowest BCUT2D eigenvalue weighted by atomic mass is 10.0. The van der Waals surface area contributed by atoms with Crippen LogP contribution in [0.15, 0.2) is 57.7 Å². The molecule has 7 nitrogen and oxygen atoms in total. The zero-order valence-electron chi connectivity index (χ0n) is 14.6. The van der Waals surface area contributed by atoms with Crippen LogP contribution in [0.1, 0.15) is 23.6 Å². The largest absolute Gasteiger partial charge is 0.423 e. The summed E-state index contributed by atoms with van der Waals surface area (Å²) in [5, 5.41) is 10.6. The number of hydrazine groups is 1. The van der Waals surface area contributed by atoms with Gasteiger partial charge in [-0.05, 0) is 48.7 Å². The summed E-state index contributed by atoms with van der Waals surface area (Å²) in [5.74, 6) is 0.328. The molecule has 3 aromatic rings. The van der Waals surface area contributed by atoms with Crippen molar-refractivity contribution in [1.29, 1.82) is 0 Å². The molecule has 0 spiro atoms. The summed E-state index contributed by atoms with van der Waals surface area (Å²) in [4.78, 5) is 12.7. The van der Waals surface area contributed by atoms with Gasteiger partial charge in [0.1, 0.15) is 6.04 Å². The first-order valence-electron chi connectivity index (χ1n) is 8.55. The van der Waals surface area contributed by atoms with Gasteiger partial charge in [-0.1, -0.05) is 34.1 Å². The summed E-state index contributed by atoms with van der Waals surface area (Å²) in [6, 6.07) is 13.5. The fraction of sp³-hybridized carbons (Fsp3) is 0.211. The standard InChI is InChI=1S/C19H18BrN5O2/c1-11-2-3-13(19-25-21-10-27-19)8-15(11)22-18(26)17-9-16(23-24-17)12-4-6-14(20)7-5-12/h2-8,10,16-17,23-24H,9H2,1H3,(H,22,26). The monoisotopic (exact) mass is 427 g/mol. The average Bonchev–Trinajstić information content (AvgIpc) is 3.36. The molecule has 2 aromatic carbocycles. The molecule has 27 heavy (non-hydrogen) atoms. The van der Waals surface area contributed by atoms with Gasteiger partial charge in [-0.2, -0.15) is 0 Å². The number of hydrogen-bond acceptors (Lipinski definition) is 6. The molecule has 3 N–H and O–H groups in total. The lowest BCUT2D eigenvalue weighted by molar-refractivity contribution is -0.117. The van der Waals surface area contributed by atoms with E-state index in [-0.39, 0.29) is 18.0 Å². The zero-order chi connectivity index (χ0) is 18.8. The molecule has 0 aliphatic carbocycles. The van der Waals surface area contributed by atoms with Gasteiger partial charge in [0.05, 0.1) is 0 Å². The lowest BCUT2D eigenvalue weighted by Gasteiger charge is -2.13. The maximum atomic E-state index is 12.7. The van der Waals surface area contributed by atoms with Crippen molar-refractivity contribution in [3.05, 3.63) is 64.5 Å². The molecule has 2 unspecified atom stereocenters. The van der Waals surface area contributed by atoms with Gasteiger partial charge in [0.25, 0.3) is 0 Å². The second-order valence-electron chi connectivity index (χ2n) is 6.44. The molecule has 138 valence electrons. The summed E-state index contributed by atoms with van der Waals surface area (Å²) in [6.07, 6.45) is 1.94. The number of nitrogens with zero attached hydrogens (tertiary/aromatic N) is 2. The van der Waals surface area contributed by atoms with Crippen LogP contribution in [0.25, 0.3) is 11.5 Å². The molecule has 1 aliphatic heterocycles. The topological polar surface area (TPSA) is 92.1 Å². The van der Waals surface area contributed by atoms with Crippen LogP contribution in [0.2, 0.25) is 0 Å². The smallest absolute Gasteiger partial charge is 0.247 e. The Balaban J connectivity index is 1.45. The third-order valence-corrected chi connectivity index (χ3v) is 5.12. The maximum Gasteiger partial charge on any atom is 0.247 e. The van der Waals surface area contributed by atoms with E-state index in [0.29, 0.717) is 12.3 Å². The van der Waals surface area contributed by atoms with E-state index in [2.05, 4.69) is 42.3 Å². The molecule has 1 amide bonds. The Morgan fingerprint density at radius 1 is 1.22 bits per heavy atom. The number of benzene rings is 2. The van der Waals surface area contributed by atoms with E-state index in [0.717, 1.165) is 26.9 Å². The number of aryl methyl sites for hydroxylation is 1. The summed E-state index contributed by atoms with van der Waals surface area (Å²) in [5.41, 5.74) is 9.87. The maximum absolute atomic E-state index is 12.7. The summed E-state index contributed by atoms with van der Waals surface area (Å²) >= 11 is 3.44. The number of carbonyl (C=O) groups is 1. The number of rotatable bonds is 4. The van der Waals surface area contributed by atoms with Gasteiger partial charge in [0, 0.05) is 21.8 Å². The number of hydrogen-bond donors (Lipinski definition) is 3. The molecule has 8 heteroatoms. The molecule has 4 rings (SSSR count). The molecule has 0 saturated carbocycles. The van der Waals surface area contributed by atoms with E-state index in [1.165, 1.54) is 6.39 Å². The van der Waals surface area contributed by atoms with Crippen LogP contribution in [-0.4, -0.2) is 22.1 Å². The summed E-state index contributed by atoms with van der Waals surface area (Å²) < 4.78 is 6.26. The minimum Gasteiger partial charge on any atom is -0.423 e. The van der Waals surface area contributed by atoms with Crippen LogP contribution in [0.5, 0.6) is 0 Å². The van der Waals surface area contributed by atoms with Gasteiger partial charge in [-0.15, -0.1) is 10.2 Å². The van der Waals surface area contributed by atoms with Crippen molar-refractivity contribution < 1.29 is 9.21 Å². The summed E-state index contributed by atoms with van der Waals surface area (Å²) in [6.45, 7) is 1.94. The quantitative estimate of drug-likeness (QED) is 0.591. The number of anilines is 1. The van der Waals surface area contributed by atoms with Crippen LogP contribution >= 0.6 is 15.9 Å². The fourth-order valence-electron chi connectivity index (χ4n) is 3.05. The van der Waals surface area contributed by atoms with Crippen molar-refractivity contribution in [2.75, 3.05) is 5.32 Å². The Morgan fingerprint density at radius 2 is 2.04 bits per heavy atom. The second kappa shape index (κ2) is 7.59. The predicted molar refractivity (Wildman–Crippen MR) is 105 cm³/mol. The van der Waals surface area contributed by atoms with E-state index >= 15 is 0 Å². The van der Waals surface area contributed by atoms with Gasteiger partial charge in [-0.3, -0.25) is 4.79 Å². The first-order valence-corrected chi connectivity index (χ1v) is 9.34. The highest BCUT2D eigenvalue weighted by Crippen LogP contribution is 2.26. The predicted octanol–water partition coefficient (Wildman–Crippen LogP) is 3.35. The van der Waals surface area contributed by atoms with E-state index in [9.17, 15) is 4.79 Å². The van der Waals surface area contributed by atoms with Crippen molar-refractivity contribution in [2.45, 2.75) is 25.4 Å². The van der Waals surface area contributed by atoms with Gasteiger partial charge < -0.3 is 9.73 Å². The van der Waals surface area contributed by atoms with Crippen molar-refractivity contribution in [3.8, 4) is 11.5 Å². The highest BCUT2D eigenvalue weighted by molar-refractivity contribution is 9.10. The molecule has 0 bridgehead atoms. The fourth-order valence-corrected chi connectivity index (χ4v) is 3.31. The third-order valence-electron chi connectivity index (χ3n) is 4.59. The molecule has 1 fully saturated rings. The van der Waals surface area contributed by atoms with Crippen molar-refractivity contribution in [3.63, 3.8) is 0 Å². The number of nitrogens with one attached hydrogen (secondary N) is 3. The normalized spacial score (nSPS) is 19.2. The van der Waals surface area contributed by atoms with Gasteiger partial charge in [0.15, 0.2) is 0 Å². The van der Waals surface area contributed by atoms with Crippen molar-refractivity contribution >= 4 is 27.5 Å². The zero-order valence-corrected chi connectivity index (χ0v) is 16.2. The number of carbonyl (C=O) groups excluding carboxylic acids is 1. The summed E-state index contributed by atoms with van der Waals surface area (Å²) in [7, 11) is 0. The molecule has 0 radical (unpaired) electrons. The Labute approximate surface area is 164 Å². The first-order chi connectivity index (χ1) is 13.1.